The topological polar surface area (TPSA) is 0 Å². The maximum atomic E-state index is 13.5. The van der Waals surface area contributed by atoms with Crippen molar-refractivity contribution in [2.75, 3.05) is 0 Å². The molecule has 3 heteroatoms. The Morgan fingerprint density at radius 2 is 1.67 bits per heavy atom. The fraction of sp³-hybridized carbons (Fsp3) is 0. The van der Waals surface area contributed by atoms with Gasteiger partial charge in [0, 0.05) is 9.13 Å². The summed E-state index contributed by atoms with van der Waals surface area (Å²) in [4.78, 5) is 0. The highest BCUT2D eigenvalue weighted by Gasteiger charge is 2.12. The van der Waals surface area contributed by atoms with Crippen LogP contribution in [-0.4, -0.2) is 0 Å². The first-order chi connectivity index (χ1) is 7.20. The molecule has 0 atom stereocenters. The van der Waals surface area contributed by atoms with E-state index < -0.39 is 11.6 Å². The molecule has 2 aromatic carbocycles. The van der Waals surface area contributed by atoms with E-state index in [1.165, 1.54) is 18.2 Å². The van der Waals surface area contributed by atoms with Crippen LogP contribution in [0.4, 0.5) is 8.78 Å². The number of hydrogen-bond donors (Lipinski definition) is 0. The average molecular weight is 315 g/mol. The van der Waals surface area contributed by atoms with E-state index in [2.05, 4.69) is 6.07 Å². The quantitative estimate of drug-likeness (QED) is 0.697. The van der Waals surface area contributed by atoms with E-state index in [1.807, 2.05) is 22.6 Å². The lowest BCUT2D eigenvalue weighted by Crippen LogP contribution is -1.91. The van der Waals surface area contributed by atoms with Crippen LogP contribution in [0.5, 0.6) is 0 Å². The molecule has 0 saturated heterocycles. The fourth-order valence-corrected chi connectivity index (χ4v) is 1.99. The van der Waals surface area contributed by atoms with E-state index in [9.17, 15) is 8.78 Å². The summed E-state index contributed by atoms with van der Waals surface area (Å²) in [5.41, 5.74) is 0.549. The van der Waals surface area contributed by atoms with Gasteiger partial charge in [0.15, 0.2) is 0 Å². The molecule has 0 aromatic heterocycles. The summed E-state index contributed by atoms with van der Waals surface area (Å²) < 4.78 is 27.6. The third-order valence-corrected chi connectivity index (χ3v) is 2.93. The molecule has 0 fully saturated rings. The SMILES string of the molecule is Fc1cccc(F)c1-c1ccc[c]c1I. The molecule has 0 N–H and O–H groups in total. The zero-order valence-electron chi connectivity index (χ0n) is 7.60. The smallest absolute Gasteiger partial charge is 0.134 e. The molecule has 0 bridgehead atoms. The van der Waals surface area contributed by atoms with Gasteiger partial charge < -0.3 is 0 Å². The maximum absolute atomic E-state index is 13.5. The van der Waals surface area contributed by atoms with Crippen LogP contribution in [0.15, 0.2) is 36.4 Å². The maximum Gasteiger partial charge on any atom is 0.134 e. The summed E-state index contributed by atoms with van der Waals surface area (Å²) in [6.45, 7) is 0. The normalized spacial score (nSPS) is 10.3. The van der Waals surface area contributed by atoms with Gasteiger partial charge in [0.1, 0.15) is 11.6 Å². The second kappa shape index (κ2) is 4.26. The molecule has 0 aliphatic heterocycles. The summed E-state index contributed by atoms with van der Waals surface area (Å²) in [6.07, 6.45) is 0. The van der Waals surface area contributed by atoms with E-state index in [1.54, 1.807) is 18.2 Å². The van der Waals surface area contributed by atoms with Crippen LogP contribution >= 0.6 is 22.6 Å². The van der Waals surface area contributed by atoms with Gasteiger partial charge in [0.25, 0.3) is 0 Å². The Hall–Kier alpha value is -0.970. The van der Waals surface area contributed by atoms with Crippen LogP contribution in [0.25, 0.3) is 11.1 Å². The van der Waals surface area contributed by atoms with E-state index in [0.29, 0.717) is 9.13 Å². The third kappa shape index (κ3) is 2.02. The van der Waals surface area contributed by atoms with Gasteiger partial charge in [-0.25, -0.2) is 8.78 Å². The lowest BCUT2D eigenvalue weighted by atomic mass is 10.0. The molecule has 15 heavy (non-hydrogen) atoms. The zero-order valence-corrected chi connectivity index (χ0v) is 9.76. The number of rotatable bonds is 1. The Kier molecular flexibility index (Phi) is 3.00. The van der Waals surface area contributed by atoms with E-state index in [-0.39, 0.29) is 5.56 Å². The van der Waals surface area contributed by atoms with Gasteiger partial charge in [-0.1, -0.05) is 24.3 Å². The second-order valence-corrected chi connectivity index (χ2v) is 4.07. The molecule has 0 unspecified atom stereocenters. The molecule has 2 rings (SSSR count). The highest BCUT2D eigenvalue weighted by Crippen LogP contribution is 2.29. The summed E-state index contributed by atoms with van der Waals surface area (Å²) >= 11 is 2.01. The molecule has 0 heterocycles. The molecule has 0 nitrogen and oxygen atoms in total. The van der Waals surface area contributed by atoms with Crippen LogP contribution < -0.4 is 0 Å². The second-order valence-electron chi connectivity index (χ2n) is 2.99. The van der Waals surface area contributed by atoms with Crippen molar-refractivity contribution in [1.82, 2.24) is 0 Å². The monoisotopic (exact) mass is 315 g/mol. The van der Waals surface area contributed by atoms with Crippen LogP contribution in [-0.2, 0) is 0 Å². The van der Waals surface area contributed by atoms with Crippen molar-refractivity contribution in [1.29, 1.82) is 0 Å². The highest BCUT2D eigenvalue weighted by atomic mass is 127. The van der Waals surface area contributed by atoms with Crippen LogP contribution in [0, 0.1) is 21.3 Å². The fourth-order valence-electron chi connectivity index (χ4n) is 1.36. The molecule has 1 radical (unpaired) electrons. The number of hydrogen-bond acceptors (Lipinski definition) is 0. The van der Waals surface area contributed by atoms with E-state index >= 15 is 0 Å². The van der Waals surface area contributed by atoms with Crippen LogP contribution in [0.1, 0.15) is 0 Å². The highest BCUT2D eigenvalue weighted by molar-refractivity contribution is 14.1. The number of halogens is 3. The van der Waals surface area contributed by atoms with E-state index in [0.717, 1.165) is 0 Å². The van der Waals surface area contributed by atoms with Crippen molar-refractivity contribution in [3.8, 4) is 11.1 Å². The Morgan fingerprint density at radius 1 is 1.00 bits per heavy atom. The van der Waals surface area contributed by atoms with Gasteiger partial charge in [0.05, 0.1) is 5.56 Å². The van der Waals surface area contributed by atoms with Gasteiger partial charge >= 0.3 is 0 Å². The van der Waals surface area contributed by atoms with Crippen LogP contribution in [0.2, 0.25) is 0 Å². The molecular weight excluding hydrogens is 309 g/mol. The van der Waals surface area contributed by atoms with Crippen LogP contribution in [0.3, 0.4) is 0 Å². The summed E-state index contributed by atoms with van der Waals surface area (Å²) in [7, 11) is 0. The van der Waals surface area contributed by atoms with Gasteiger partial charge in [0.2, 0.25) is 0 Å². The average Bonchev–Trinajstić information content (AvgIpc) is 2.20. The lowest BCUT2D eigenvalue weighted by molar-refractivity contribution is 0.589. The Labute approximate surface area is 100 Å². The number of benzene rings is 2. The molecular formula is C12H6F2I. The zero-order chi connectivity index (χ0) is 10.8. The van der Waals surface area contributed by atoms with Crippen molar-refractivity contribution in [2.24, 2.45) is 0 Å². The first-order valence-electron chi connectivity index (χ1n) is 4.30. The minimum absolute atomic E-state index is 0.0127. The van der Waals surface area contributed by atoms with Crippen molar-refractivity contribution < 1.29 is 8.78 Å². The standard InChI is InChI=1S/C12H6F2I/c13-9-5-3-6-10(14)12(9)8-4-1-2-7-11(8)15/h1-6H. The van der Waals surface area contributed by atoms with Gasteiger partial charge in [-0.05, 0) is 40.8 Å². The van der Waals surface area contributed by atoms with Crippen molar-refractivity contribution in [3.05, 3.63) is 57.7 Å². The lowest BCUT2D eigenvalue weighted by Gasteiger charge is -2.06. The predicted molar refractivity (Wildman–Crippen MR) is 63.3 cm³/mol. The van der Waals surface area contributed by atoms with Crippen molar-refractivity contribution in [3.63, 3.8) is 0 Å². The van der Waals surface area contributed by atoms with Gasteiger partial charge in [-0.3, -0.25) is 0 Å². The minimum Gasteiger partial charge on any atom is -0.206 e. The van der Waals surface area contributed by atoms with Gasteiger partial charge in [-0.2, -0.15) is 0 Å². The molecule has 0 saturated carbocycles. The third-order valence-electron chi connectivity index (χ3n) is 2.04. The van der Waals surface area contributed by atoms with Crippen molar-refractivity contribution in [2.45, 2.75) is 0 Å². The first-order valence-corrected chi connectivity index (χ1v) is 5.38. The molecule has 0 aliphatic carbocycles. The molecule has 0 aliphatic rings. The predicted octanol–water partition coefficient (Wildman–Crippen LogP) is 4.04. The largest absolute Gasteiger partial charge is 0.206 e. The molecule has 2 aromatic rings. The Balaban J connectivity index is 2.69. The molecule has 0 amide bonds. The minimum atomic E-state index is -0.549. The summed E-state index contributed by atoms with van der Waals surface area (Å²) in [5, 5.41) is 0. The summed E-state index contributed by atoms with van der Waals surface area (Å²) in [6, 6.07) is 11.9. The Bertz CT molecular complexity index is 474. The van der Waals surface area contributed by atoms with Crippen molar-refractivity contribution >= 4 is 22.6 Å². The first kappa shape index (κ1) is 10.5. The summed E-state index contributed by atoms with van der Waals surface area (Å²) in [5.74, 6) is -1.10. The van der Waals surface area contributed by atoms with Gasteiger partial charge in [-0.15, -0.1) is 0 Å². The Morgan fingerprint density at radius 3 is 2.27 bits per heavy atom. The molecule has 75 valence electrons. The van der Waals surface area contributed by atoms with E-state index in [4.69, 9.17) is 0 Å². The molecule has 0 spiro atoms.